The Morgan fingerprint density at radius 2 is 0.817 bits per heavy atom. The van der Waals surface area contributed by atoms with Gasteiger partial charge in [0.05, 0.1) is 115 Å². The standard InChI is InChI=1S/C12H17NO3.C12H22NO3.C11H17NO3.C11H13NO3.C11H12O3S.C8H15NO4S.C8H12O3.C7H12O4S.2C7H12O.CH4/c1-9-5-6-11(13-9)12(14)16-8-10-4-2-3-7-15-10;1-13(2,3)8-7-12(14)16-10-11-6-4-5-9-15-11;2*13-11(10-5-3-6-12-10)15-8-9-4-1-2-7-14-9;12-11(10-5-3-7-15-10)14-8-9-4-1-2-6-13-9;1-9(2)14(10,11)13-7-8-5-3-4-6-12-8;1-7(9)11-6-8-4-2-3-5-10-8;1-12(8,9)11-6-7-4-2-3-5-10-7;2*1-2-7-5-3-4-6-8-7;/h3,7,10-11,13H,1-2,4-6,8H2;5,9,11H,4,6-8,10H2,1-3H3;2,7,9-10,12H,1,3-6,8H2;2-3,5-7,9,12H,1,4,8H2;2-3,5-7,9H,1,4,8H2;4,6,8H,3,5,7H2,1-2H3;3,5,8H,2,4,6H2,1H3;3,5,7H,2,4,6H2,1H3;2*4,6-7H,2-3,5H2,1H3;1H4/q;+1;;;;;;;;;. The van der Waals surface area contributed by atoms with Crippen LogP contribution in [0.3, 0.4) is 0 Å². The quantitative estimate of drug-likeness (QED) is 0.0308. The molecule has 2 saturated heterocycles. The molecule has 738 valence electrons. The summed E-state index contributed by atoms with van der Waals surface area (Å²) in [7, 11) is 2.13. The number of nitrogens with zero attached hydrogens (tertiary/aromatic N) is 2. The molecule has 12 unspecified atom stereocenters. The molecule has 0 amide bonds. The van der Waals surface area contributed by atoms with Gasteiger partial charge in [0.25, 0.3) is 10.1 Å². The smallest absolute Gasteiger partial charge is 0.354 e. The Morgan fingerprint density at radius 1 is 0.458 bits per heavy atom. The van der Waals surface area contributed by atoms with E-state index in [9.17, 15) is 45.6 Å². The number of aromatic nitrogens is 1. The van der Waals surface area contributed by atoms with Gasteiger partial charge in [0.15, 0.2) is 0 Å². The van der Waals surface area contributed by atoms with Crippen molar-refractivity contribution >= 4 is 67.6 Å². The number of thiophene rings is 1. The first-order valence-electron chi connectivity index (χ1n) is 45.1. The third kappa shape index (κ3) is 55.5. The van der Waals surface area contributed by atoms with E-state index in [2.05, 4.69) is 73.5 Å². The molecule has 2 fully saturated rings. The number of H-pyrrole nitrogens is 1. The largest absolute Gasteiger partial charge is 0.498 e. The van der Waals surface area contributed by atoms with E-state index in [4.69, 9.17) is 80.0 Å². The zero-order valence-electron chi connectivity index (χ0n) is 77.4. The number of nitrogens with one attached hydrogen (secondary N) is 3. The molecule has 12 aliphatic rings. The normalized spacial score (nSPS) is 23.6. The second-order valence-electron chi connectivity index (χ2n) is 32.7. The van der Waals surface area contributed by atoms with E-state index < -0.39 is 20.4 Å². The van der Waals surface area contributed by atoms with Gasteiger partial charge in [-0.05, 0) is 258 Å². The molecule has 0 aliphatic carbocycles. The first kappa shape index (κ1) is 114. The summed E-state index contributed by atoms with van der Waals surface area (Å²) in [6.07, 6.45) is 66.3. The van der Waals surface area contributed by atoms with Crippen molar-refractivity contribution in [2.75, 3.05) is 107 Å². The fraction of sp³-hybridized carbons (Fsp3) is 0.621. The molecule has 0 spiro atoms. The van der Waals surface area contributed by atoms with E-state index >= 15 is 0 Å². The first-order chi connectivity index (χ1) is 62.6. The van der Waals surface area contributed by atoms with Crippen LogP contribution >= 0.6 is 11.3 Å². The van der Waals surface area contributed by atoms with E-state index in [0.29, 0.717) is 68.8 Å². The summed E-state index contributed by atoms with van der Waals surface area (Å²) >= 11 is 1.39. The van der Waals surface area contributed by atoms with Gasteiger partial charge in [0.2, 0.25) is 0 Å². The summed E-state index contributed by atoms with van der Waals surface area (Å²) in [4.78, 5) is 71.3. The maximum Gasteiger partial charge on any atom is 0.354 e. The Balaban J connectivity index is 0.000000306. The van der Waals surface area contributed by atoms with Crippen molar-refractivity contribution in [1.82, 2.24) is 19.9 Å². The van der Waals surface area contributed by atoms with Crippen molar-refractivity contribution in [3.05, 3.63) is 182 Å². The van der Waals surface area contributed by atoms with E-state index in [1.165, 1.54) is 58.0 Å². The molecule has 14 rings (SSSR count). The van der Waals surface area contributed by atoms with Crippen molar-refractivity contribution in [3.63, 3.8) is 0 Å². The van der Waals surface area contributed by atoms with E-state index in [1.54, 1.807) is 74.5 Å². The highest BCUT2D eigenvalue weighted by atomic mass is 32.2. The van der Waals surface area contributed by atoms with Crippen molar-refractivity contribution in [3.8, 4) is 0 Å². The predicted octanol–water partition coefficient (Wildman–Crippen LogP) is 15.5. The minimum absolute atomic E-state index is 0. The lowest BCUT2D eigenvalue weighted by Gasteiger charge is -2.23. The van der Waals surface area contributed by atoms with E-state index in [-0.39, 0.29) is 117 Å². The number of ether oxygens (including phenoxy) is 16. The SMILES string of the molecule is C.C=C1CCC(C(=O)OCC2CCC=CO2)N1.CC(=O)OCC1CCC=CO1.CCC1CCC=CO1.CCC1CCC=CO1.CN(C)S(=O)(=O)OCC1CCC=CO1.CS(=O)(=O)OCC1CCC=CO1.C[N+](C)(C)CCC(=O)OCC1CCC=CO1.O=C(OCC1CCC=CO1)C1CCCN1.O=C(OCC1CCC=CO1)c1ccc[nH]1.O=C(OCC1CCC=CO1)c1cccs1. The summed E-state index contributed by atoms with van der Waals surface area (Å²) < 4.78 is 138. The summed E-state index contributed by atoms with van der Waals surface area (Å²) in [5, 5.41) is 7.99. The second-order valence-corrected chi connectivity index (χ2v) is 37.1. The molecule has 12 aliphatic heterocycles. The van der Waals surface area contributed by atoms with Crippen molar-refractivity contribution in [1.29, 1.82) is 0 Å². The van der Waals surface area contributed by atoms with Gasteiger partial charge in [0, 0.05) is 32.9 Å². The average molecular weight is 1900 g/mol. The molecule has 0 radical (unpaired) electrons. The molecule has 2 aromatic rings. The minimum Gasteiger partial charge on any atom is -0.498 e. The summed E-state index contributed by atoms with van der Waals surface area (Å²) in [5.41, 5.74) is 1.39. The fourth-order valence-corrected chi connectivity index (χ4v) is 14.0. The molecule has 14 heterocycles. The number of quaternary nitrogens is 1. The van der Waals surface area contributed by atoms with Gasteiger partial charge < -0.3 is 95.9 Å². The van der Waals surface area contributed by atoms with Crippen LogP contribution in [0.5, 0.6) is 0 Å². The number of esters is 6. The van der Waals surface area contributed by atoms with Crippen LogP contribution in [-0.4, -0.2) is 247 Å². The maximum atomic E-state index is 11.6. The Labute approximate surface area is 781 Å². The molecule has 12 atom stereocenters. The minimum atomic E-state index is -3.57. The van der Waals surface area contributed by atoms with Crippen molar-refractivity contribution < 1.29 is 134 Å². The van der Waals surface area contributed by atoms with Crippen LogP contribution < -0.4 is 10.6 Å². The Hall–Kier alpha value is -9.56. The molecule has 0 aromatic carbocycles. The van der Waals surface area contributed by atoms with Crippen LogP contribution in [0.15, 0.2) is 171 Å². The van der Waals surface area contributed by atoms with Crippen LogP contribution in [0.4, 0.5) is 0 Å². The van der Waals surface area contributed by atoms with E-state index in [0.717, 1.165) is 175 Å². The number of hydrogen-bond donors (Lipinski definition) is 3. The number of rotatable bonds is 28. The maximum absolute atomic E-state index is 11.6. The highest BCUT2D eigenvalue weighted by molar-refractivity contribution is 7.86. The van der Waals surface area contributed by atoms with Gasteiger partial charge in [-0.3, -0.25) is 22.7 Å². The Kier molecular flexibility index (Phi) is 58.7. The summed E-state index contributed by atoms with van der Waals surface area (Å²) in [6, 6.07) is 6.73. The zero-order valence-corrected chi connectivity index (χ0v) is 79.8. The number of carbonyl (C=O) groups is 6. The van der Waals surface area contributed by atoms with Crippen LogP contribution in [0.1, 0.15) is 222 Å². The van der Waals surface area contributed by atoms with Crippen LogP contribution in [-0.2, 0) is 124 Å². The molecular formula is C95H148N5O28S3+. The van der Waals surface area contributed by atoms with Gasteiger partial charge in [0.1, 0.15) is 124 Å². The van der Waals surface area contributed by atoms with Crippen LogP contribution in [0.2, 0.25) is 0 Å². The number of hydrogen-bond acceptors (Lipinski definition) is 31. The average Bonchev–Trinajstić information content (AvgIpc) is 1.72. The van der Waals surface area contributed by atoms with Crippen LogP contribution in [0, 0.1) is 0 Å². The Morgan fingerprint density at radius 3 is 1.11 bits per heavy atom. The summed E-state index contributed by atoms with van der Waals surface area (Å²) in [5.74, 6) is -1.31. The lowest BCUT2D eigenvalue weighted by Crippen LogP contribution is -2.36. The third-order valence-corrected chi connectivity index (χ3v) is 23.0. The highest BCUT2D eigenvalue weighted by Crippen LogP contribution is 2.22. The number of carbonyl (C=O) groups excluding carboxylic acids is 6. The van der Waals surface area contributed by atoms with Gasteiger partial charge in [-0.15, -0.1) is 11.3 Å². The third-order valence-electron chi connectivity index (χ3n) is 20.3. The molecule has 2 aromatic heterocycles. The topological polar surface area (TPSA) is 380 Å². The lowest BCUT2D eigenvalue weighted by molar-refractivity contribution is -0.869. The predicted molar refractivity (Wildman–Crippen MR) is 498 cm³/mol. The second kappa shape index (κ2) is 67.6. The monoisotopic (exact) mass is 1900 g/mol. The van der Waals surface area contributed by atoms with Gasteiger partial charge >= 0.3 is 46.1 Å². The van der Waals surface area contributed by atoms with E-state index in [1.807, 2.05) is 72.6 Å². The molecule has 0 saturated carbocycles. The molecule has 3 N–H and O–H groups in total. The Bertz CT molecular complexity index is 3960. The van der Waals surface area contributed by atoms with Gasteiger partial charge in [-0.1, -0.05) is 33.9 Å². The first-order valence-corrected chi connectivity index (χ1v) is 49.2. The highest BCUT2D eigenvalue weighted by Gasteiger charge is 2.29. The fourth-order valence-electron chi connectivity index (χ4n) is 12.5. The van der Waals surface area contributed by atoms with Crippen molar-refractivity contribution in [2.24, 2.45) is 0 Å². The molecular weight excluding hydrogens is 1760 g/mol. The van der Waals surface area contributed by atoms with Crippen LogP contribution in [0.25, 0.3) is 0 Å². The van der Waals surface area contributed by atoms with Gasteiger partial charge in [-0.2, -0.15) is 21.1 Å². The zero-order chi connectivity index (χ0) is 94.3. The molecule has 0 bridgehead atoms. The number of aromatic amines is 1. The molecule has 33 nitrogen and oxygen atoms in total. The summed E-state index contributed by atoms with van der Waals surface area (Å²) in [6.45, 7) is 13.5. The molecule has 36 heteroatoms. The lowest BCUT2D eigenvalue weighted by atomic mass is 10.1. The number of allylic oxidation sites excluding steroid dienone is 11. The van der Waals surface area contributed by atoms with Gasteiger partial charge in [-0.25, -0.2) is 14.4 Å². The van der Waals surface area contributed by atoms with Crippen molar-refractivity contribution in [2.45, 2.75) is 275 Å². The molecule has 131 heavy (non-hydrogen) atoms.